The predicted molar refractivity (Wildman–Crippen MR) is 139 cm³/mol. The maximum absolute atomic E-state index is 16.0. The molecule has 0 saturated heterocycles. The molecule has 2 unspecified atom stereocenters. The zero-order valence-corrected chi connectivity index (χ0v) is 19.6. The minimum absolute atomic E-state index is 0.295. The number of fused-ring (bicyclic) bond motifs is 3. The molecule has 0 aliphatic carbocycles. The molecule has 0 radical (unpaired) electrons. The van der Waals surface area contributed by atoms with Crippen molar-refractivity contribution in [2.45, 2.75) is 46.3 Å². The van der Waals surface area contributed by atoms with Crippen molar-refractivity contribution in [2.24, 2.45) is 7.05 Å². The van der Waals surface area contributed by atoms with Crippen molar-refractivity contribution >= 4 is 21.9 Å². The number of para-hydroxylation sites is 1. The fourth-order valence-corrected chi connectivity index (χ4v) is 4.54. The molecule has 3 aromatic carbocycles. The summed E-state index contributed by atoms with van der Waals surface area (Å²) in [4.78, 5) is 0. The second-order valence-electron chi connectivity index (χ2n) is 8.78. The summed E-state index contributed by atoms with van der Waals surface area (Å²) in [6.07, 6.45) is 1.79. The molecule has 0 N–H and O–H groups in total. The van der Waals surface area contributed by atoms with Crippen LogP contribution in [0.5, 0.6) is 0 Å². The largest absolute Gasteiger partial charge is 0.455 e. The minimum Gasteiger partial charge on any atom is -0.455 e. The van der Waals surface area contributed by atoms with E-state index >= 15 is 4.39 Å². The SMILES string of the molecule is [2H]C([2H])([2H])C([2H])(C)c1cc(-c2cc[n+](C)c(-c3c(C)ccc4c3oc3ccccc34)c2)cc(C([2H])(C)C([2H])([2H])[2H])c1F. The van der Waals surface area contributed by atoms with E-state index in [1.165, 1.54) is 12.1 Å². The van der Waals surface area contributed by atoms with Crippen LogP contribution in [-0.2, 0) is 7.05 Å². The molecule has 0 bridgehead atoms. The lowest BCUT2D eigenvalue weighted by Crippen LogP contribution is -2.30. The monoisotopic (exact) mass is 460 g/mol. The normalized spacial score (nSPS) is 19.6. The molecule has 0 aliphatic rings. The summed E-state index contributed by atoms with van der Waals surface area (Å²) >= 11 is 0. The van der Waals surface area contributed by atoms with Gasteiger partial charge in [-0.05, 0) is 64.7 Å². The van der Waals surface area contributed by atoms with Crippen LogP contribution >= 0.6 is 0 Å². The van der Waals surface area contributed by atoms with E-state index in [0.717, 1.165) is 47.0 Å². The van der Waals surface area contributed by atoms with Gasteiger partial charge in [-0.1, -0.05) is 57.9 Å². The highest BCUT2D eigenvalue weighted by Gasteiger charge is 2.22. The molecule has 2 atom stereocenters. The number of hydrogen-bond acceptors (Lipinski definition) is 1. The van der Waals surface area contributed by atoms with E-state index in [1.54, 1.807) is 12.3 Å². The van der Waals surface area contributed by atoms with Crippen LogP contribution in [0.15, 0.2) is 71.3 Å². The van der Waals surface area contributed by atoms with Crippen molar-refractivity contribution in [3.05, 3.63) is 89.4 Å². The Hall–Kier alpha value is -3.46. The van der Waals surface area contributed by atoms with Crippen LogP contribution in [-0.4, -0.2) is 0 Å². The van der Waals surface area contributed by atoms with E-state index in [-0.39, 0.29) is 0 Å². The van der Waals surface area contributed by atoms with E-state index in [4.69, 9.17) is 15.4 Å². The third kappa shape index (κ3) is 3.60. The second-order valence-corrected chi connectivity index (χ2v) is 8.78. The van der Waals surface area contributed by atoms with Crippen molar-refractivity contribution in [1.82, 2.24) is 0 Å². The summed E-state index contributed by atoms with van der Waals surface area (Å²) in [5.74, 6) is -6.00. The van der Waals surface area contributed by atoms with E-state index < -0.39 is 42.4 Å². The third-order valence-electron chi connectivity index (χ3n) is 6.38. The standard InChI is InChI=1S/C31H31FNO/c1-18(2)25-15-22(16-26(19(3)4)30(25)32)21-13-14-33(6)27(17-21)29-20(5)11-12-24-23-9-7-8-10-28(23)34-31(24)29/h7-19H,1-6H3/q+1/i1D3,3D3,18D,19D. The Morgan fingerprint density at radius 3 is 2.32 bits per heavy atom. The summed E-state index contributed by atoms with van der Waals surface area (Å²) in [5, 5.41) is 1.91. The summed E-state index contributed by atoms with van der Waals surface area (Å²) in [5.41, 5.74) is 3.77. The molecule has 2 nitrogen and oxygen atoms in total. The first-order valence-corrected chi connectivity index (χ1v) is 11.1. The number of hydrogen-bond donors (Lipinski definition) is 0. The maximum atomic E-state index is 16.0. The molecule has 0 fully saturated rings. The zero-order chi connectivity index (χ0) is 31.0. The van der Waals surface area contributed by atoms with E-state index in [2.05, 4.69) is 0 Å². The summed E-state index contributed by atoms with van der Waals surface area (Å²) in [6, 6.07) is 17.9. The van der Waals surface area contributed by atoms with Gasteiger partial charge >= 0.3 is 0 Å². The molecule has 0 saturated carbocycles. The summed E-state index contributed by atoms with van der Waals surface area (Å²) in [7, 11) is 1.87. The molecule has 5 aromatic rings. The molecule has 34 heavy (non-hydrogen) atoms. The van der Waals surface area contributed by atoms with Gasteiger partial charge in [-0.25, -0.2) is 8.96 Å². The molecule has 3 heteroatoms. The first-order valence-electron chi connectivity index (χ1n) is 15.1. The van der Waals surface area contributed by atoms with E-state index in [9.17, 15) is 0 Å². The van der Waals surface area contributed by atoms with Gasteiger partial charge in [0.25, 0.3) is 0 Å². The number of rotatable bonds is 4. The first kappa shape index (κ1) is 14.7. The number of nitrogens with zero attached hydrogens (tertiary/aromatic N) is 1. The molecule has 172 valence electrons. The van der Waals surface area contributed by atoms with Gasteiger partial charge in [0.15, 0.2) is 6.20 Å². The number of aryl methyl sites for hydroxylation is 2. The molecule has 0 aliphatic heterocycles. The Morgan fingerprint density at radius 1 is 0.912 bits per heavy atom. The van der Waals surface area contributed by atoms with Crippen molar-refractivity contribution in [2.75, 3.05) is 0 Å². The highest BCUT2D eigenvalue weighted by atomic mass is 19.1. The van der Waals surface area contributed by atoms with Gasteiger partial charge in [-0.15, -0.1) is 0 Å². The Balaban J connectivity index is 1.81. The Labute approximate surface area is 211 Å². The smallest absolute Gasteiger partial charge is 0.216 e. The molecule has 2 aromatic heterocycles. The lowest BCUT2D eigenvalue weighted by atomic mass is 9.89. The minimum atomic E-state index is -2.93. The van der Waals surface area contributed by atoms with Gasteiger partial charge in [-0.2, -0.15) is 0 Å². The van der Waals surface area contributed by atoms with Crippen LogP contribution in [0.4, 0.5) is 4.39 Å². The lowest BCUT2D eigenvalue weighted by molar-refractivity contribution is -0.660. The Kier molecular flexibility index (Phi) is 3.64. The van der Waals surface area contributed by atoms with Crippen molar-refractivity contribution in [3.8, 4) is 22.4 Å². The van der Waals surface area contributed by atoms with Gasteiger partial charge in [0.1, 0.15) is 24.0 Å². The predicted octanol–water partition coefficient (Wildman–Crippen LogP) is 8.44. The fourth-order valence-electron chi connectivity index (χ4n) is 4.54. The van der Waals surface area contributed by atoms with Crippen molar-refractivity contribution in [1.29, 1.82) is 0 Å². The molecule has 2 heterocycles. The Morgan fingerprint density at radius 2 is 1.62 bits per heavy atom. The highest BCUT2D eigenvalue weighted by molar-refractivity contribution is 6.09. The van der Waals surface area contributed by atoms with Crippen LogP contribution in [0.25, 0.3) is 44.3 Å². The number of halogens is 1. The van der Waals surface area contributed by atoms with Crippen LogP contribution in [0, 0.1) is 12.7 Å². The van der Waals surface area contributed by atoms with Gasteiger partial charge in [0.05, 0.1) is 5.56 Å². The van der Waals surface area contributed by atoms with Gasteiger partial charge in [-0.3, -0.25) is 0 Å². The highest BCUT2D eigenvalue weighted by Crippen LogP contribution is 2.38. The van der Waals surface area contributed by atoms with Crippen molar-refractivity contribution in [3.63, 3.8) is 0 Å². The van der Waals surface area contributed by atoms with Crippen LogP contribution in [0.1, 0.15) is 67.0 Å². The van der Waals surface area contributed by atoms with Gasteiger partial charge in [0, 0.05) is 33.9 Å². The first-order chi connectivity index (χ1) is 19.4. The molecule has 0 amide bonds. The third-order valence-corrected chi connectivity index (χ3v) is 6.38. The molecular weight excluding hydrogens is 421 g/mol. The van der Waals surface area contributed by atoms with Gasteiger partial charge in [0.2, 0.25) is 5.69 Å². The fraction of sp³-hybridized carbons (Fsp3) is 0.258. The van der Waals surface area contributed by atoms with Crippen LogP contribution < -0.4 is 4.57 Å². The topological polar surface area (TPSA) is 17.0 Å². The number of benzene rings is 3. The molecule has 5 rings (SSSR count). The van der Waals surface area contributed by atoms with Gasteiger partial charge < -0.3 is 4.42 Å². The average Bonchev–Trinajstić information content (AvgIpc) is 3.26. The zero-order valence-electron chi connectivity index (χ0n) is 27.6. The van der Waals surface area contributed by atoms with Crippen LogP contribution in [0.2, 0.25) is 0 Å². The van der Waals surface area contributed by atoms with Crippen molar-refractivity contribution < 1.29 is 24.3 Å². The van der Waals surface area contributed by atoms with E-state index in [0.29, 0.717) is 16.7 Å². The average molecular weight is 461 g/mol. The number of aromatic nitrogens is 1. The number of furan rings is 1. The van der Waals surface area contributed by atoms with E-state index in [1.807, 2.05) is 61.0 Å². The molecule has 0 spiro atoms. The Bertz CT molecular complexity index is 1800. The summed E-state index contributed by atoms with van der Waals surface area (Å²) < 4.78 is 89.0. The maximum Gasteiger partial charge on any atom is 0.216 e. The summed E-state index contributed by atoms with van der Waals surface area (Å²) in [6.45, 7) is -1.74. The quantitative estimate of drug-likeness (QED) is 0.246. The lowest BCUT2D eigenvalue weighted by Gasteiger charge is -2.17. The number of pyridine rings is 1. The second kappa shape index (κ2) is 8.39. The van der Waals surface area contributed by atoms with Crippen LogP contribution in [0.3, 0.4) is 0 Å². The molecular formula is C31H31FNO+.